The molecule has 0 aliphatic carbocycles. The van der Waals surface area contributed by atoms with E-state index in [0.717, 1.165) is 0 Å². The van der Waals surface area contributed by atoms with Gasteiger partial charge in [0.1, 0.15) is 17.2 Å². The van der Waals surface area contributed by atoms with E-state index in [0.29, 0.717) is 11.6 Å². The highest BCUT2D eigenvalue weighted by molar-refractivity contribution is 6.02. The Hall–Kier alpha value is -3.86. The normalized spacial score (nSPS) is 18.9. The van der Waals surface area contributed by atoms with Crippen LogP contribution in [-0.4, -0.2) is 40.4 Å². The first-order valence-corrected chi connectivity index (χ1v) is 8.71. The molecule has 1 heterocycles. The number of aliphatic carboxylic acids is 2. The Morgan fingerprint density at radius 2 is 1.90 bits per heavy atom. The number of halogens is 1. The Morgan fingerprint density at radius 1 is 1.27 bits per heavy atom. The molecule has 1 unspecified atom stereocenters. The van der Waals surface area contributed by atoms with Gasteiger partial charge in [-0.05, 0) is 24.6 Å². The Bertz CT molecular complexity index is 954. The van der Waals surface area contributed by atoms with Gasteiger partial charge in [-0.25, -0.2) is 18.8 Å². The first kappa shape index (κ1) is 22.4. The lowest BCUT2D eigenvalue weighted by Crippen LogP contribution is -2.62. The average Bonchev–Trinajstić information content (AvgIpc) is 2.65. The third kappa shape index (κ3) is 4.94. The number of allylic oxidation sites excluding steroid dienone is 1. The quantitative estimate of drug-likeness (QED) is 0.245. The van der Waals surface area contributed by atoms with Gasteiger partial charge in [-0.3, -0.25) is 0 Å². The van der Waals surface area contributed by atoms with E-state index in [1.165, 1.54) is 37.3 Å². The number of nitrogens with one attached hydrogen (secondary N) is 2. The second kappa shape index (κ2) is 9.09. The van der Waals surface area contributed by atoms with Crippen LogP contribution in [0.5, 0.6) is 0 Å². The summed E-state index contributed by atoms with van der Waals surface area (Å²) in [6.07, 6.45) is 1.66. The van der Waals surface area contributed by atoms with Gasteiger partial charge in [0.25, 0.3) is 0 Å². The number of carboxylic acid groups (broad SMARTS) is 2. The highest BCUT2D eigenvalue weighted by Gasteiger charge is 2.46. The van der Waals surface area contributed by atoms with Crippen LogP contribution in [0.15, 0.2) is 59.1 Å². The van der Waals surface area contributed by atoms with E-state index in [1.54, 1.807) is 0 Å². The molecule has 1 aromatic rings. The van der Waals surface area contributed by atoms with Gasteiger partial charge in [0.2, 0.25) is 0 Å². The highest BCUT2D eigenvalue weighted by Crippen LogP contribution is 2.29. The molecule has 1 aliphatic rings. The van der Waals surface area contributed by atoms with E-state index in [9.17, 15) is 23.9 Å². The van der Waals surface area contributed by atoms with Crippen LogP contribution in [0.4, 0.5) is 4.39 Å². The van der Waals surface area contributed by atoms with Gasteiger partial charge >= 0.3 is 17.9 Å². The van der Waals surface area contributed by atoms with Crippen molar-refractivity contribution in [3.05, 3.63) is 70.5 Å². The molecule has 11 heteroatoms. The van der Waals surface area contributed by atoms with E-state index >= 15 is 0 Å². The van der Waals surface area contributed by atoms with Gasteiger partial charge in [-0.2, -0.15) is 0 Å². The number of carbonyl (C=O) groups excluding carboxylic acids is 1. The molecule has 10 nitrogen and oxygen atoms in total. The van der Waals surface area contributed by atoms with Crippen molar-refractivity contribution in [3.8, 4) is 0 Å². The van der Waals surface area contributed by atoms with E-state index < -0.39 is 40.5 Å². The zero-order valence-corrected chi connectivity index (χ0v) is 15.9. The van der Waals surface area contributed by atoms with E-state index in [4.69, 9.17) is 21.3 Å². The lowest BCUT2D eigenvalue weighted by atomic mass is 9.87. The summed E-state index contributed by atoms with van der Waals surface area (Å²) >= 11 is 0. The minimum absolute atomic E-state index is 0.0455. The van der Waals surface area contributed by atoms with Crippen LogP contribution in [0.2, 0.25) is 0 Å². The van der Waals surface area contributed by atoms with Gasteiger partial charge in [0.15, 0.2) is 5.66 Å². The van der Waals surface area contributed by atoms with Crippen LogP contribution < -0.4 is 22.1 Å². The molecule has 0 saturated heterocycles. The number of ether oxygens (including phenoxy) is 1. The third-order valence-corrected chi connectivity index (χ3v) is 4.11. The van der Waals surface area contributed by atoms with Crippen molar-refractivity contribution in [1.29, 1.82) is 0 Å². The van der Waals surface area contributed by atoms with Crippen molar-refractivity contribution >= 4 is 17.9 Å². The fraction of sp³-hybridized carbons (Fsp3) is 0.211. The van der Waals surface area contributed by atoms with Crippen molar-refractivity contribution in [2.45, 2.75) is 19.1 Å². The predicted octanol–water partition coefficient (Wildman–Crippen LogP) is -0.114. The lowest BCUT2D eigenvalue weighted by molar-refractivity contribution is -0.140. The molecule has 0 radical (unpaired) electrons. The zero-order chi connectivity index (χ0) is 22.5. The molecule has 1 aliphatic heterocycles. The number of hydrogen-bond donors (Lipinski definition) is 6. The number of carbonyl (C=O) groups is 3. The van der Waals surface area contributed by atoms with Crippen molar-refractivity contribution in [3.63, 3.8) is 0 Å². The molecule has 0 bridgehead atoms. The second-order valence-corrected chi connectivity index (χ2v) is 6.22. The number of benzene rings is 1. The molecule has 0 saturated carbocycles. The van der Waals surface area contributed by atoms with Crippen LogP contribution in [0.25, 0.3) is 0 Å². The van der Waals surface area contributed by atoms with Crippen molar-refractivity contribution in [1.82, 2.24) is 10.6 Å². The summed E-state index contributed by atoms with van der Waals surface area (Å²) in [6.45, 7) is 1.65. The fourth-order valence-corrected chi connectivity index (χ4v) is 2.81. The molecule has 0 fully saturated rings. The van der Waals surface area contributed by atoms with Crippen LogP contribution in [0.1, 0.15) is 12.5 Å². The number of esters is 1. The maximum absolute atomic E-state index is 13.0. The summed E-state index contributed by atoms with van der Waals surface area (Å²) in [5.74, 6) is -4.56. The van der Waals surface area contributed by atoms with Crippen molar-refractivity contribution in [2.75, 3.05) is 6.61 Å². The molecule has 160 valence electrons. The molecule has 1 aromatic carbocycles. The summed E-state index contributed by atoms with van der Waals surface area (Å²) in [5, 5.41) is 24.1. The maximum atomic E-state index is 13.0. The summed E-state index contributed by atoms with van der Waals surface area (Å²) in [6, 6.07) is 5.58. The highest BCUT2D eigenvalue weighted by atomic mass is 19.1. The van der Waals surface area contributed by atoms with Crippen LogP contribution >= 0.6 is 0 Å². The molecule has 30 heavy (non-hydrogen) atoms. The molecule has 0 aromatic heterocycles. The monoisotopic (exact) mass is 420 g/mol. The van der Waals surface area contributed by atoms with Crippen LogP contribution in [-0.2, 0) is 25.7 Å². The number of rotatable bonds is 8. The summed E-state index contributed by atoms with van der Waals surface area (Å²) in [4.78, 5) is 35.3. The van der Waals surface area contributed by atoms with E-state index in [2.05, 4.69) is 10.6 Å². The smallest absolute Gasteiger partial charge is 0.340 e. The zero-order valence-electron chi connectivity index (χ0n) is 15.9. The van der Waals surface area contributed by atoms with E-state index in [-0.39, 0.29) is 24.7 Å². The van der Waals surface area contributed by atoms with Crippen LogP contribution in [0, 0.1) is 5.82 Å². The molecule has 1 atom stereocenters. The Morgan fingerprint density at radius 3 is 2.43 bits per heavy atom. The standard InChI is InChI=1S/C19H21FN4O6/c1-2-30-18(29)16-13(21)8-14(23-9-10-3-5-11(20)6-4-10)24-19(16,22)12(17(27)28)7-15(25)26/h3-8,23-24H,2,9,21-22H2,1H3,(H,25,26)(H,27,28)/b12-7+. The van der Waals surface area contributed by atoms with Gasteiger partial charge in [0.05, 0.1) is 12.2 Å². The van der Waals surface area contributed by atoms with Crippen LogP contribution in [0.3, 0.4) is 0 Å². The predicted molar refractivity (Wildman–Crippen MR) is 103 cm³/mol. The minimum Gasteiger partial charge on any atom is -0.478 e. The molecule has 0 amide bonds. The number of hydrogen-bond acceptors (Lipinski definition) is 8. The molecule has 0 spiro atoms. The SMILES string of the molecule is CCOC(=O)C1=C(N)C=C(NCc2ccc(F)cc2)NC1(N)/C(=C/C(=O)O)C(=O)O. The number of dihydropyridines is 1. The minimum atomic E-state index is -2.31. The molecular weight excluding hydrogens is 399 g/mol. The molecule has 2 rings (SSSR count). The number of carboxylic acids is 2. The first-order valence-electron chi connectivity index (χ1n) is 8.71. The second-order valence-electron chi connectivity index (χ2n) is 6.22. The summed E-state index contributed by atoms with van der Waals surface area (Å²) in [5.41, 5.74) is 9.04. The van der Waals surface area contributed by atoms with Gasteiger partial charge in [-0.15, -0.1) is 0 Å². The maximum Gasteiger partial charge on any atom is 0.340 e. The lowest BCUT2D eigenvalue weighted by Gasteiger charge is -2.37. The Balaban J connectivity index is 2.47. The average molecular weight is 420 g/mol. The Labute approximate surface area is 170 Å². The van der Waals surface area contributed by atoms with Gasteiger partial charge < -0.3 is 37.1 Å². The van der Waals surface area contributed by atoms with E-state index in [1.807, 2.05) is 0 Å². The first-order chi connectivity index (χ1) is 14.1. The van der Waals surface area contributed by atoms with Gasteiger partial charge in [0, 0.05) is 24.4 Å². The molecular formula is C19H21FN4O6. The van der Waals surface area contributed by atoms with Crippen molar-refractivity contribution in [2.24, 2.45) is 11.5 Å². The van der Waals surface area contributed by atoms with Crippen molar-refractivity contribution < 1.29 is 33.7 Å². The fourth-order valence-electron chi connectivity index (χ4n) is 2.81. The van der Waals surface area contributed by atoms with Gasteiger partial charge in [-0.1, -0.05) is 12.1 Å². The Kier molecular flexibility index (Phi) is 6.80. The molecule has 8 N–H and O–H groups in total. The third-order valence-electron chi connectivity index (χ3n) is 4.11. The number of nitrogens with two attached hydrogens (primary N) is 2. The summed E-state index contributed by atoms with van der Waals surface area (Å²) in [7, 11) is 0. The topological polar surface area (TPSA) is 177 Å². The summed E-state index contributed by atoms with van der Waals surface area (Å²) < 4.78 is 18.0. The largest absolute Gasteiger partial charge is 0.478 e.